The molecule has 6 nitrogen and oxygen atoms in total. The van der Waals surface area contributed by atoms with Gasteiger partial charge in [0, 0.05) is 24.7 Å². The Morgan fingerprint density at radius 2 is 1.92 bits per heavy atom. The van der Waals surface area contributed by atoms with E-state index in [-0.39, 0.29) is 23.0 Å². The number of amides is 1. The fraction of sp³-hybridized carbons (Fsp3) is 0.500. The number of hydrogen-bond acceptors (Lipinski definition) is 4. The van der Waals surface area contributed by atoms with Crippen LogP contribution in [0.1, 0.15) is 23.2 Å². The Morgan fingerprint density at radius 1 is 1.29 bits per heavy atom. The summed E-state index contributed by atoms with van der Waals surface area (Å²) in [5, 5.41) is 1.73. The second-order valence-corrected chi connectivity index (χ2v) is 7.53. The van der Waals surface area contributed by atoms with Gasteiger partial charge in [0.25, 0.3) is 5.91 Å². The number of carbonyl (C=O) groups excluding carboxylic acids is 1. The van der Waals surface area contributed by atoms with Crippen LogP contribution in [0, 0.1) is 0 Å². The molecule has 3 N–H and O–H groups in total. The number of hydrogen-bond donors (Lipinski definition) is 2. The first-order chi connectivity index (χ1) is 11.1. The van der Waals surface area contributed by atoms with Gasteiger partial charge in [-0.2, -0.15) is 17.5 Å². The van der Waals surface area contributed by atoms with Crippen LogP contribution in [0.15, 0.2) is 29.2 Å². The lowest BCUT2D eigenvalue weighted by Gasteiger charge is -2.29. The van der Waals surface area contributed by atoms with E-state index in [1.54, 1.807) is 5.32 Å². The van der Waals surface area contributed by atoms with E-state index in [0.29, 0.717) is 13.0 Å². The lowest BCUT2D eigenvalue weighted by molar-refractivity contribution is -0.123. The normalized spacial score (nSPS) is 19.9. The molecule has 1 fully saturated rings. The molecule has 0 radical (unpaired) electrons. The molecule has 0 bridgehead atoms. The van der Waals surface area contributed by atoms with Crippen LogP contribution in [0.4, 0.5) is 13.2 Å². The maximum atomic E-state index is 12.5. The number of carbonyl (C=O) groups is 1. The minimum absolute atomic E-state index is 0.0241. The number of halogens is 3. The number of benzene rings is 1. The molecule has 1 heterocycles. The van der Waals surface area contributed by atoms with Crippen molar-refractivity contribution in [2.75, 3.05) is 19.6 Å². The van der Waals surface area contributed by atoms with Gasteiger partial charge in [-0.05, 0) is 37.1 Å². The summed E-state index contributed by atoms with van der Waals surface area (Å²) in [5.41, 5.74) is 5.73. The molecule has 1 aromatic carbocycles. The van der Waals surface area contributed by atoms with Gasteiger partial charge in [-0.1, -0.05) is 0 Å². The predicted molar refractivity (Wildman–Crippen MR) is 80.8 cm³/mol. The van der Waals surface area contributed by atoms with Gasteiger partial charge in [-0.25, -0.2) is 8.42 Å². The quantitative estimate of drug-likeness (QED) is 0.835. The number of rotatable bonds is 4. The van der Waals surface area contributed by atoms with E-state index < -0.39 is 28.7 Å². The van der Waals surface area contributed by atoms with Crippen molar-refractivity contribution in [1.82, 2.24) is 9.62 Å². The first kappa shape index (κ1) is 18.7. The van der Waals surface area contributed by atoms with Crippen molar-refractivity contribution in [2.24, 2.45) is 5.73 Å². The summed E-state index contributed by atoms with van der Waals surface area (Å²) in [6.45, 7) is -0.864. The second-order valence-electron chi connectivity index (χ2n) is 5.59. The third-order valence-electron chi connectivity index (χ3n) is 3.62. The number of alkyl halides is 3. The van der Waals surface area contributed by atoms with E-state index in [1.807, 2.05) is 0 Å². The summed E-state index contributed by atoms with van der Waals surface area (Å²) in [6, 6.07) is 4.56. The maximum absolute atomic E-state index is 12.5. The van der Waals surface area contributed by atoms with Crippen LogP contribution in [-0.4, -0.2) is 50.5 Å². The molecule has 0 aliphatic carbocycles. The lowest BCUT2D eigenvalue weighted by atomic mass is 10.1. The van der Waals surface area contributed by atoms with Crippen LogP contribution in [0.3, 0.4) is 0 Å². The largest absolute Gasteiger partial charge is 0.405 e. The van der Waals surface area contributed by atoms with Crippen molar-refractivity contribution < 1.29 is 26.4 Å². The van der Waals surface area contributed by atoms with Gasteiger partial charge in [-0.3, -0.25) is 4.79 Å². The Morgan fingerprint density at radius 3 is 2.46 bits per heavy atom. The standard InChI is InChI=1S/C14H18F3N3O3S/c15-14(16,17)9-19-13(21)10-3-5-12(6-4-10)24(22,23)20-7-1-2-11(18)8-20/h3-6,11H,1-2,7-9,18H2,(H,19,21). The number of nitrogens with one attached hydrogen (secondary N) is 1. The highest BCUT2D eigenvalue weighted by Crippen LogP contribution is 2.21. The highest BCUT2D eigenvalue weighted by atomic mass is 32.2. The summed E-state index contributed by atoms with van der Waals surface area (Å²) >= 11 is 0. The van der Waals surface area contributed by atoms with Crippen molar-refractivity contribution in [3.8, 4) is 0 Å². The Hall–Kier alpha value is -1.65. The molecule has 134 valence electrons. The molecular weight excluding hydrogens is 347 g/mol. The van der Waals surface area contributed by atoms with Crippen molar-refractivity contribution in [3.05, 3.63) is 29.8 Å². The molecule has 1 unspecified atom stereocenters. The molecule has 1 aliphatic heterocycles. The van der Waals surface area contributed by atoms with E-state index >= 15 is 0 Å². The SMILES string of the molecule is NC1CCCN(S(=O)(=O)c2ccc(C(=O)NCC(F)(F)F)cc2)C1. The first-order valence-electron chi connectivity index (χ1n) is 7.30. The van der Waals surface area contributed by atoms with Crippen LogP contribution < -0.4 is 11.1 Å². The summed E-state index contributed by atoms with van der Waals surface area (Å²) in [4.78, 5) is 11.6. The topological polar surface area (TPSA) is 92.5 Å². The van der Waals surface area contributed by atoms with Crippen molar-refractivity contribution >= 4 is 15.9 Å². The predicted octanol–water partition coefficient (Wildman–Crippen LogP) is 1.09. The first-order valence-corrected chi connectivity index (χ1v) is 8.74. The molecular formula is C14H18F3N3O3S. The zero-order valence-electron chi connectivity index (χ0n) is 12.7. The minimum atomic E-state index is -4.51. The van der Waals surface area contributed by atoms with Gasteiger partial charge < -0.3 is 11.1 Å². The third kappa shape index (κ3) is 4.68. The van der Waals surface area contributed by atoms with Gasteiger partial charge in [0.05, 0.1) is 4.90 Å². The van der Waals surface area contributed by atoms with E-state index in [4.69, 9.17) is 5.73 Å². The summed E-state index contributed by atoms with van der Waals surface area (Å²) in [7, 11) is -3.73. The lowest BCUT2D eigenvalue weighted by Crippen LogP contribution is -2.45. The molecule has 1 saturated heterocycles. The molecule has 0 saturated carbocycles. The number of nitrogens with two attached hydrogens (primary N) is 1. The van der Waals surface area contributed by atoms with Crippen LogP contribution in [-0.2, 0) is 10.0 Å². The fourth-order valence-electron chi connectivity index (χ4n) is 2.40. The number of nitrogens with zero attached hydrogens (tertiary/aromatic N) is 1. The molecule has 24 heavy (non-hydrogen) atoms. The number of sulfonamides is 1. The molecule has 1 atom stereocenters. The van der Waals surface area contributed by atoms with Gasteiger partial charge in [0.2, 0.25) is 10.0 Å². The average molecular weight is 365 g/mol. The van der Waals surface area contributed by atoms with Gasteiger partial charge in [0.1, 0.15) is 6.54 Å². The van der Waals surface area contributed by atoms with Crippen LogP contribution in [0.2, 0.25) is 0 Å². The van der Waals surface area contributed by atoms with Crippen LogP contribution in [0.5, 0.6) is 0 Å². The average Bonchev–Trinajstić information content (AvgIpc) is 2.52. The van der Waals surface area contributed by atoms with Gasteiger partial charge >= 0.3 is 6.18 Å². The summed E-state index contributed by atoms with van der Waals surface area (Å²) in [5.74, 6) is -0.920. The Kier molecular flexibility index (Phi) is 5.51. The van der Waals surface area contributed by atoms with Gasteiger partial charge in [0.15, 0.2) is 0 Å². The second kappa shape index (κ2) is 7.08. The molecule has 0 aromatic heterocycles. The van der Waals surface area contributed by atoms with E-state index in [9.17, 15) is 26.4 Å². The summed E-state index contributed by atoms with van der Waals surface area (Å²) < 4.78 is 62.5. The monoisotopic (exact) mass is 365 g/mol. The van der Waals surface area contributed by atoms with Crippen molar-refractivity contribution in [2.45, 2.75) is 30.0 Å². The maximum Gasteiger partial charge on any atom is 0.405 e. The third-order valence-corrected chi connectivity index (χ3v) is 5.50. The molecule has 1 amide bonds. The smallest absolute Gasteiger partial charge is 0.343 e. The molecule has 0 spiro atoms. The molecule has 1 aromatic rings. The minimum Gasteiger partial charge on any atom is -0.343 e. The van der Waals surface area contributed by atoms with E-state index in [2.05, 4.69) is 0 Å². The molecule has 10 heteroatoms. The molecule has 1 aliphatic rings. The fourth-order valence-corrected chi connectivity index (χ4v) is 3.94. The zero-order chi connectivity index (χ0) is 18.0. The zero-order valence-corrected chi connectivity index (χ0v) is 13.5. The summed E-state index contributed by atoms with van der Waals surface area (Å²) in [6.07, 6.45) is -3.09. The number of piperidine rings is 1. The van der Waals surface area contributed by atoms with Crippen molar-refractivity contribution in [1.29, 1.82) is 0 Å². The van der Waals surface area contributed by atoms with Crippen molar-refractivity contribution in [3.63, 3.8) is 0 Å². The van der Waals surface area contributed by atoms with Gasteiger partial charge in [-0.15, -0.1) is 0 Å². The highest BCUT2D eigenvalue weighted by molar-refractivity contribution is 7.89. The Balaban J connectivity index is 2.09. The Bertz CT molecular complexity index is 689. The highest BCUT2D eigenvalue weighted by Gasteiger charge is 2.30. The molecule has 2 rings (SSSR count). The van der Waals surface area contributed by atoms with Crippen LogP contribution >= 0.6 is 0 Å². The Labute approximate surface area is 137 Å². The van der Waals surface area contributed by atoms with Crippen LogP contribution in [0.25, 0.3) is 0 Å². The van der Waals surface area contributed by atoms with E-state index in [0.717, 1.165) is 6.42 Å². The van der Waals surface area contributed by atoms with E-state index in [1.165, 1.54) is 28.6 Å².